The molecule has 3 nitrogen and oxygen atoms in total. The number of hydrogen-bond donors (Lipinski definition) is 0. The lowest BCUT2D eigenvalue weighted by Gasteiger charge is -2.26. The van der Waals surface area contributed by atoms with Crippen molar-refractivity contribution in [1.29, 1.82) is 0 Å². The normalized spacial score (nSPS) is 18.4. The summed E-state index contributed by atoms with van der Waals surface area (Å²) in [5.41, 5.74) is 6.64. The minimum Gasteiger partial charge on any atom is -0.376 e. The number of fused-ring (bicyclic) bond motifs is 1. The van der Waals surface area contributed by atoms with Crippen LogP contribution in [0.3, 0.4) is 0 Å². The van der Waals surface area contributed by atoms with Gasteiger partial charge in [-0.3, -0.25) is 0 Å². The molecule has 1 saturated heterocycles. The Morgan fingerprint density at radius 3 is 2.85 bits per heavy atom. The van der Waals surface area contributed by atoms with Crippen LogP contribution in [-0.4, -0.2) is 30.3 Å². The van der Waals surface area contributed by atoms with Crippen molar-refractivity contribution >= 4 is 19.1 Å². The van der Waals surface area contributed by atoms with E-state index >= 15 is 0 Å². The van der Waals surface area contributed by atoms with E-state index in [1.54, 1.807) is 0 Å². The summed E-state index contributed by atoms with van der Waals surface area (Å²) in [4.78, 5) is 4.49. The second-order valence-corrected chi connectivity index (χ2v) is 11.1. The lowest BCUT2D eigenvalue weighted by Crippen LogP contribution is -2.30. The maximum Gasteiger partial charge on any atom is 0.129 e. The predicted octanol–water partition coefficient (Wildman–Crippen LogP) is 3.05. The second-order valence-electron chi connectivity index (χ2n) is 6.38. The van der Waals surface area contributed by atoms with Gasteiger partial charge in [0, 0.05) is 12.2 Å². The Kier molecular flexibility index (Phi) is 3.41. The molecule has 0 bridgehead atoms. The van der Waals surface area contributed by atoms with Crippen molar-refractivity contribution in [2.75, 3.05) is 6.61 Å². The Labute approximate surface area is 121 Å². The van der Waals surface area contributed by atoms with Crippen LogP contribution in [0.1, 0.15) is 12.0 Å². The van der Waals surface area contributed by atoms with Gasteiger partial charge in [0.05, 0.1) is 30.0 Å². The first-order chi connectivity index (χ1) is 9.51. The van der Waals surface area contributed by atoms with Crippen molar-refractivity contribution in [2.24, 2.45) is 0 Å². The molecule has 1 aliphatic heterocycles. The molecule has 0 saturated carbocycles. The van der Waals surface area contributed by atoms with Gasteiger partial charge in [0.2, 0.25) is 0 Å². The van der Waals surface area contributed by atoms with Crippen LogP contribution in [0.2, 0.25) is 19.6 Å². The third-order valence-electron chi connectivity index (χ3n) is 3.40. The van der Waals surface area contributed by atoms with Crippen LogP contribution in [0.15, 0.2) is 24.5 Å². The Morgan fingerprint density at radius 2 is 2.20 bits per heavy atom. The Balaban J connectivity index is 1.86. The van der Waals surface area contributed by atoms with Gasteiger partial charge in [-0.25, -0.2) is 4.98 Å². The molecule has 0 N–H and O–H groups in total. The third-order valence-corrected chi connectivity index (χ3v) is 4.27. The molecular formula is C16H20N2OSi. The van der Waals surface area contributed by atoms with E-state index in [0.29, 0.717) is 6.10 Å². The average molecular weight is 284 g/mol. The Morgan fingerprint density at radius 1 is 1.40 bits per heavy atom. The number of ether oxygens (including phenoxy) is 1. The molecule has 4 heteroatoms. The van der Waals surface area contributed by atoms with E-state index in [1.165, 1.54) is 5.52 Å². The standard InChI is InChI=1S/C16H20N2OSi/c1-20(2,3)9-7-13-4-5-16-15(10-13)17-12-18(16)11-14-6-8-19-14/h4-5,10,12,14H,6,8,11H2,1-3H3. The van der Waals surface area contributed by atoms with Crippen molar-refractivity contribution < 1.29 is 4.74 Å². The first-order valence-electron chi connectivity index (χ1n) is 7.11. The van der Waals surface area contributed by atoms with Crippen LogP contribution in [0.4, 0.5) is 0 Å². The van der Waals surface area contributed by atoms with E-state index < -0.39 is 8.07 Å². The summed E-state index contributed by atoms with van der Waals surface area (Å²) in [7, 11) is -1.32. The zero-order valence-electron chi connectivity index (χ0n) is 12.3. The molecule has 1 aliphatic rings. The molecule has 0 amide bonds. The molecule has 2 aromatic rings. The molecule has 20 heavy (non-hydrogen) atoms. The summed E-state index contributed by atoms with van der Waals surface area (Å²) in [5, 5.41) is 0. The summed E-state index contributed by atoms with van der Waals surface area (Å²) in [6, 6.07) is 6.30. The van der Waals surface area contributed by atoms with Crippen LogP contribution in [0, 0.1) is 11.5 Å². The number of rotatable bonds is 2. The van der Waals surface area contributed by atoms with Crippen molar-refractivity contribution in [1.82, 2.24) is 9.55 Å². The van der Waals surface area contributed by atoms with E-state index in [2.05, 4.69) is 58.9 Å². The zero-order valence-corrected chi connectivity index (χ0v) is 13.3. The van der Waals surface area contributed by atoms with Gasteiger partial charge in [0.15, 0.2) is 0 Å². The summed E-state index contributed by atoms with van der Waals surface area (Å²) < 4.78 is 7.66. The van der Waals surface area contributed by atoms with Gasteiger partial charge < -0.3 is 9.30 Å². The SMILES string of the molecule is C[Si](C)(C)C#Cc1ccc2c(c1)ncn2CC1CCO1. The van der Waals surface area contributed by atoms with Gasteiger partial charge in [-0.05, 0) is 24.6 Å². The zero-order chi connectivity index (χ0) is 14.2. The van der Waals surface area contributed by atoms with Crippen LogP contribution in [0.25, 0.3) is 11.0 Å². The first kappa shape index (κ1) is 13.4. The Bertz CT molecular complexity index is 684. The molecule has 1 fully saturated rings. The van der Waals surface area contributed by atoms with Crippen molar-refractivity contribution in [3.8, 4) is 11.5 Å². The lowest BCUT2D eigenvalue weighted by atomic mass is 10.2. The quantitative estimate of drug-likeness (QED) is 0.626. The minimum atomic E-state index is -1.32. The van der Waals surface area contributed by atoms with Crippen LogP contribution in [-0.2, 0) is 11.3 Å². The van der Waals surface area contributed by atoms with Gasteiger partial charge in [-0.1, -0.05) is 25.6 Å². The fourth-order valence-corrected chi connectivity index (χ4v) is 2.71. The number of benzene rings is 1. The largest absolute Gasteiger partial charge is 0.376 e. The van der Waals surface area contributed by atoms with Crippen molar-refractivity contribution in [3.63, 3.8) is 0 Å². The second kappa shape index (κ2) is 5.08. The third kappa shape index (κ3) is 2.95. The topological polar surface area (TPSA) is 27.1 Å². The molecule has 3 rings (SSSR count). The van der Waals surface area contributed by atoms with Crippen LogP contribution >= 0.6 is 0 Å². The summed E-state index contributed by atoms with van der Waals surface area (Å²) in [6.07, 6.45) is 3.42. The van der Waals surface area contributed by atoms with Gasteiger partial charge in [0.25, 0.3) is 0 Å². The lowest BCUT2D eigenvalue weighted by molar-refractivity contribution is -0.0586. The molecule has 104 valence electrons. The van der Waals surface area contributed by atoms with E-state index in [4.69, 9.17) is 4.74 Å². The molecule has 1 aromatic heterocycles. The van der Waals surface area contributed by atoms with E-state index in [1.807, 2.05) is 6.33 Å². The van der Waals surface area contributed by atoms with Gasteiger partial charge in [-0.15, -0.1) is 5.54 Å². The molecule has 1 atom stereocenters. The fourth-order valence-electron chi connectivity index (χ4n) is 2.19. The molecule has 1 aromatic carbocycles. The number of aromatic nitrogens is 2. The first-order valence-corrected chi connectivity index (χ1v) is 10.6. The predicted molar refractivity (Wildman–Crippen MR) is 84.3 cm³/mol. The highest BCUT2D eigenvalue weighted by Crippen LogP contribution is 2.19. The molecule has 0 radical (unpaired) electrons. The fraction of sp³-hybridized carbons (Fsp3) is 0.438. The van der Waals surface area contributed by atoms with Crippen molar-refractivity contribution in [2.45, 2.75) is 38.7 Å². The van der Waals surface area contributed by atoms with E-state index in [-0.39, 0.29) is 0 Å². The summed E-state index contributed by atoms with van der Waals surface area (Å²) in [6.45, 7) is 8.56. The summed E-state index contributed by atoms with van der Waals surface area (Å²) >= 11 is 0. The molecular weight excluding hydrogens is 264 g/mol. The van der Waals surface area contributed by atoms with Crippen LogP contribution < -0.4 is 0 Å². The summed E-state index contributed by atoms with van der Waals surface area (Å²) in [5.74, 6) is 3.29. The maximum atomic E-state index is 5.49. The van der Waals surface area contributed by atoms with Gasteiger partial charge >= 0.3 is 0 Å². The van der Waals surface area contributed by atoms with Crippen LogP contribution in [0.5, 0.6) is 0 Å². The highest BCUT2D eigenvalue weighted by molar-refractivity contribution is 6.83. The highest BCUT2D eigenvalue weighted by atomic mass is 28.3. The van der Waals surface area contributed by atoms with Gasteiger partial charge in [-0.2, -0.15) is 0 Å². The van der Waals surface area contributed by atoms with Crippen molar-refractivity contribution in [3.05, 3.63) is 30.1 Å². The molecule has 1 unspecified atom stereocenters. The Hall–Kier alpha value is -1.57. The number of hydrogen-bond acceptors (Lipinski definition) is 2. The number of nitrogens with zero attached hydrogens (tertiary/aromatic N) is 2. The molecule has 0 aliphatic carbocycles. The monoisotopic (exact) mass is 284 g/mol. The highest BCUT2D eigenvalue weighted by Gasteiger charge is 2.19. The van der Waals surface area contributed by atoms with E-state index in [9.17, 15) is 0 Å². The maximum absolute atomic E-state index is 5.49. The average Bonchev–Trinajstić information content (AvgIpc) is 2.73. The molecule has 0 spiro atoms. The number of imidazole rings is 1. The molecule has 2 heterocycles. The van der Waals surface area contributed by atoms with E-state index in [0.717, 1.165) is 30.7 Å². The smallest absolute Gasteiger partial charge is 0.129 e. The van der Waals surface area contributed by atoms with Gasteiger partial charge in [0.1, 0.15) is 8.07 Å². The minimum absolute atomic E-state index is 0.360.